The summed E-state index contributed by atoms with van der Waals surface area (Å²) in [5.74, 6) is 0.767. The van der Waals surface area contributed by atoms with Crippen molar-refractivity contribution < 1.29 is 9.53 Å². The second-order valence-corrected chi connectivity index (χ2v) is 10.2. The molecule has 1 aromatic carbocycles. The molecule has 1 aliphatic heterocycles. The summed E-state index contributed by atoms with van der Waals surface area (Å²) in [6.45, 7) is 1.44. The first kappa shape index (κ1) is 24.4. The van der Waals surface area contributed by atoms with Gasteiger partial charge in [-0.15, -0.1) is 0 Å². The van der Waals surface area contributed by atoms with E-state index >= 15 is 0 Å². The van der Waals surface area contributed by atoms with E-state index in [1.54, 1.807) is 18.3 Å². The smallest absolute Gasteiger partial charge is 0.224 e. The summed E-state index contributed by atoms with van der Waals surface area (Å²) in [6.07, 6.45) is 6.50. The van der Waals surface area contributed by atoms with Crippen LogP contribution in [-0.4, -0.2) is 44.7 Å². The van der Waals surface area contributed by atoms with Gasteiger partial charge in [0, 0.05) is 31.2 Å². The number of primary amides is 1. The topological polar surface area (TPSA) is 120 Å². The van der Waals surface area contributed by atoms with Crippen LogP contribution < -0.4 is 16.4 Å². The lowest BCUT2D eigenvalue weighted by molar-refractivity contribution is -0.122. The van der Waals surface area contributed by atoms with Crippen molar-refractivity contribution in [2.24, 2.45) is 11.7 Å². The van der Waals surface area contributed by atoms with Crippen LogP contribution in [0, 0.1) is 5.92 Å². The number of rotatable bonds is 6. The Kier molecular flexibility index (Phi) is 7.20. The number of carbonyl (C=O) groups is 1. The van der Waals surface area contributed by atoms with Crippen molar-refractivity contribution in [3.63, 3.8) is 0 Å². The highest BCUT2D eigenvalue weighted by Gasteiger charge is 2.29. The zero-order chi connectivity index (χ0) is 24.5. The number of ether oxygens (including phenoxy) is 1. The highest BCUT2D eigenvalue weighted by Crippen LogP contribution is 2.39. The molecule has 5 rings (SSSR count). The van der Waals surface area contributed by atoms with E-state index in [2.05, 4.69) is 20.2 Å². The number of nitrogens with zero attached hydrogens (tertiary/aromatic N) is 4. The van der Waals surface area contributed by atoms with Crippen molar-refractivity contribution in [1.82, 2.24) is 19.5 Å². The van der Waals surface area contributed by atoms with E-state index in [0.29, 0.717) is 56.7 Å². The van der Waals surface area contributed by atoms with Gasteiger partial charge >= 0.3 is 0 Å². The molecule has 0 atom stereocenters. The van der Waals surface area contributed by atoms with Crippen molar-refractivity contribution in [2.75, 3.05) is 23.8 Å². The van der Waals surface area contributed by atoms with Crippen LogP contribution in [-0.2, 0) is 9.53 Å². The molecule has 2 fully saturated rings. The first-order valence-corrected chi connectivity index (χ1v) is 12.8. The van der Waals surface area contributed by atoms with E-state index in [0.717, 1.165) is 38.9 Å². The molecular weight excluding hydrogens is 513 g/mol. The Balaban J connectivity index is 1.51. The second kappa shape index (κ2) is 10.3. The molecule has 1 aliphatic carbocycles. The van der Waals surface area contributed by atoms with Gasteiger partial charge in [0.25, 0.3) is 0 Å². The third kappa shape index (κ3) is 5.28. The molecule has 1 amide bonds. The van der Waals surface area contributed by atoms with Gasteiger partial charge < -0.3 is 21.1 Å². The van der Waals surface area contributed by atoms with E-state index in [9.17, 15) is 4.79 Å². The van der Waals surface area contributed by atoms with Gasteiger partial charge in [0.2, 0.25) is 17.8 Å². The number of halogens is 3. The summed E-state index contributed by atoms with van der Waals surface area (Å²) in [7, 11) is 0. The lowest BCUT2D eigenvalue weighted by Crippen LogP contribution is -2.29. The lowest BCUT2D eigenvalue weighted by Gasteiger charge is -2.29. The maximum absolute atomic E-state index is 11.7. The normalized spacial score (nSPS) is 21.2. The fraction of sp³-hybridized carbons (Fsp3) is 0.478. The Morgan fingerprint density at radius 3 is 2.43 bits per heavy atom. The minimum atomic E-state index is -0.245. The van der Waals surface area contributed by atoms with E-state index in [1.165, 1.54) is 0 Å². The van der Waals surface area contributed by atoms with Crippen LogP contribution in [0.15, 0.2) is 18.3 Å². The number of amides is 1. The van der Waals surface area contributed by atoms with Crippen molar-refractivity contribution in [3.05, 3.63) is 33.4 Å². The van der Waals surface area contributed by atoms with Gasteiger partial charge in [0.05, 0.1) is 27.0 Å². The fourth-order valence-corrected chi connectivity index (χ4v) is 5.37. The molecule has 186 valence electrons. The number of benzene rings is 1. The summed E-state index contributed by atoms with van der Waals surface area (Å²) < 4.78 is 7.52. The van der Waals surface area contributed by atoms with E-state index in [1.807, 2.05) is 0 Å². The Labute approximate surface area is 217 Å². The molecule has 0 unspecified atom stereocenters. The van der Waals surface area contributed by atoms with E-state index < -0.39 is 0 Å². The molecular formula is C23H26Cl3N7O2. The number of hydrogen-bond donors (Lipinski definition) is 3. The van der Waals surface area contributed by atoms with Crippen molar-refractivity contribution in [2.45, 2.75) is 50.6 Å². The van der Waals surface area contributed by atoms with Crippen LogP contribution in [0.5, 0.6) is 0 Å². The van der Waals surface area contributed by atoms with Gasteiger partial charge in [-0.2, -0.15) is 4.98 Å². The largest absolute Gasteiger partial charge is 0.381 e. The van der Waals surface area contributed by atoms with Crippen LogP contribution in [0.25, 0.3) is 11.2 Å². The van der Waals surface area contributed by atoms with Crippen LogP contribution in [0.1, 0.15) is 44.6 Å². The number of nitrogens with two attached hydrogens (primary N) is 1. The zero-order valence-corrected chi connectivity index (χ0v) is 21.2. The molecule has 2 aromatic heterocycles. The molecule has 9 nitrogen and oxygen atoms in total. The van der Waals surface area contributed by atoms with Gasteiger partial charge in [0.15, 0.2) is 5.65 Å². The van der Waals surface area contributed by atoms with Crippen LogP contribution >= 0.6 is 34.8 Å². The molecule has 2 aliphatic rings. The summed E-state index contributed by atoms with van der Waals surface area (Å²) in [5, 5.41) is 7.91. The summed E-state index contributed by atoms with van der Waals surface area (Å²) >= 11 is 18.8. The molecule has 1 saturated carbocycles. The minimum Gasteiger partial charge on any atom is -0.381 e. The van der Waals surface area contributed by atoms with Crippen molar-refractivity contribution in [1.29, 1.82) is 0 Å². The number of carbonyl (C=O) groups excluding carboxylic acids is 1. The fourth-order valence-electron chi connectivity index (χ4n) is 4.78. The Morgan fingerprint density at radius 1 is 1.00 bits per heavy atom. The van der Waals surface area contributed by atoms with Crippen LogP contribution in [0.2, 0.25) is 15.1 Å². The summed E-state index contributed by atoms with van der Waals surface area (Å²) in [4.78, 5) is 25.8. The van der Waals surface area contributed by atoms with Crippen LogP contribution in [0.4, 0.5) is 17.6 Å². The van der Waals surface area contributed by atoms with Crippen molar-refractivity contribution >= 4 is 69.5 Å². The quantitative estimate of drug-likeness (QED) is 0.362. The molecule has 4 N–H and O–H groups in total. The molecule has 35 heavy (non-hydrogen) atoms. The molecule has 3 aromatic rings. The highest BCUT2D eigenvalue weighted by atomic mass is 35.5. The van der Waals surface area contributed by atoms with E-state index in [4.69, 9.17) is 55.2 Å². The molecule has 0 spiro atoms. The first-order chi connectivity index (χ1) is 16.9. The predicted molar refractivity (Wildman–Crippen MR) is 138 cm³/mol. The molecule has 3 heterocycles. The first-order valence-electron chi connectivity index (χ1n) is 11.7. The van der Waals surface area contributed by atoms with Gasteiger partial charge in [0.1, 0.15) is 5.52 Å². The molecule has 0 radical (unpaired) electrons. The van der Waals surface area contributed by atoms with Gasteiger partial charge in [-0.25, -0.2) is 9.97 Å². The molecule has 1 saturated heterocycles. The second-order valence-electron chi connectivity index (χ2n) is 9.02. The summed E-state index contributed by atoms with van der Waals surface area (Å²) in [5.41, 5.74) is 7.50. The minimum absolute atomic E-state index is 0.0745. The third-order valence-corrected chi connectivity index (χ3v) is 7.74. The number of anilines is 3. The standard InChI is InChI=1S/C23H26Cl3N7O2/c24-15-9-17(26)18(10-16(15)25)30-23-31-19-11-28-22(29-13-5-7-35-8-6-13)32-21(19)33(23)14-3-1-12(2-4-14)20(27)34/h9-14H,1-8H2,(H2,27,34)(H,30,31)(H,28,29,32)/t12-,14+. The van der Waals surface area contributed by atoms with Gasteiger partial charge in [-0.1, -0.05) is 34.8 Å². The number of aromatic nitrogens is 4. The van der Waals surface area contributed by atoms with Crippen molar-refractivity contribution in [3.8, 4) is 0 Å². The number of imidazole rings is 1. The monoisotopic (exact) mass is 537 g/mol. The third-order valence-electron chi connectivity index (χ3n) is 6.71. The Morgan fingerprint density at radius 2 is 1.71 bits per heavy atom. The van der Waals surface area contributed by atoms with Gasteiger partial charge in [-0.3, -0.25) is 9.36 Å². The predicted octanol–water partition coefficient (Wildman–Crippen LogP) is 5.34. The average Bonchev–Trinajstić information content (AvgIpc) is 3.20. The van der Waals surface area contributed by atoms with Crippen LogP contribution in [0.3, 0.4) is 0 Å². The highest BCUT2D eigenvalue weighted by molar-refractivity contribution is 6.44. The number of hydrogen-bond acceptors (Lipinski definition) is 7. The Hall–Kier alpha value is -2.33. The maximum Gasteiger partial charge on any atom is 0.224 e. The lowest BCUT2D eigenvalue weighted by atomic mass is 9.85. The molecule has 0 bridgehead atoms. The number of fused-ring (bicyclic) bond motifs is 1. The van der Waals surface area contributed by atoms with Gasteiger partial charge in [-0.05, 0) is 50.7 Å². The molecule has 12 heteroatoms. The SMILES string of the molecule is NC(=O)[C@H]1CC[C@@H](n2c(Nc3cc(Cl)c(Cl)cc3Cl)nc3cnc(NC4CCOCC4)nc32)CC1. The van der Waals surface area contributed by atoms with E-state index in [-0.39, 0.29) is 23.9 Å². The Bertz CT molecular complexity index is 1240. The maximum atomic E-state index is 11.7. The zero-order valence-electron chi connectivity index (χ0n) is 18.9. The number of nitrogens with one attached hydrogen (secondary N) is 2. The average molecular weight is 539 g/mol. The summed E-state index contributed by atoms with van der Waals surface area (Å²) in [6, 6.07) is 3.60.